The summed E-state index contributed by atoms with van der Waals surface area (Å²) in [5, 5.41) is 0. The number of amides is 2. The Labute approximate surface area is 156 Å². The molecule has 2 rings (SSSR count). The summed E-state index contributed by atoms with van der Waals surface area (Å²) in [6.07, 6.45) is 1.40. The largest absolute Gasteiger partial charge is 0.288 e. The Morgan fingerprint density at radius 1 is 1.07 bits per heavy atom. The second-order valence-electron chi connectivity index (χ2n) is 5.35. The third kappa shape index (κ3) is 4.66. The monoisotopic (exact) mass is 394 g/mol. The number of nitrogens with zero attached hydrogens (tertiary/aromatic N) is 2. The number of aromatic nitrogens is 1. The van der Waals surface area contributed by atoms with Crippen LogP contribution in [0.1, 0.15) is 34.7 Å². The van der Waals surface area contributed by atoms with Gasteiger partial charge in [-0.3, -0.25) is 25.4 Å². The van der Waals surface area contributed by atoms with E-state index in [1.165, 1.54) is 16.6 Å². The lowest BCUT2D eigenvalue weighted by Gasteiger charge is -2.19. The smallest absolute Gasteiger partial charge is 0.267 e. The van der Waals surface area contributed by atoms with Gasteiger partial charge >= 0.3 is 0 Å². The molecule has 1 heterocycles. The number of pyridine rings is 1. The molecule has 1 aromatic carbocycles. The van der Waals surface area contributed by atoms with E-state index in [9.17, 15) is 22.4 Å². The molecule has 1 aromatic heterocycles. The molecule has 0 aliphatic rings. The first-order valence-corrected chi connectivity index (χ1v) is 9.56. The van der Waals surface area contributed by atoms with Crippen molar-refractivity contribution >= 4 is 21.8 Å². The maximum absolute atomic E-state index is 14.0. The van der Waals surface area contributed by atoms with Crippen molar-refractivity contribution in [2.24, 2.45) is 0 Å². The summed E-state index contributed by atoms with van der Waals surface area (Å²) in [4.78, 5) is 27.7. The summed E-state index contributed by atoms with van der Waals surface area (Å²) in [6.45, 7) is 3.81. The van der Waals surface area contributed by atoms with Crippen molar-refractivity contribution in [3.63, 3.8) is 0 Å². The fourth-order valence-electron chi connectivity index (χ4n) is 2.29. The van der Waals surface area contributed by atoms with Crippen LogP contribution in [0, 0.1) is 5.82 Å². The Hall–Kier alpha value is -2.85. The van der Waals surface area contributed by atoms with Crippen LogP contribution >= 0.6 is 0 Å². The molecular weight excluding hydrogens is 375 g/mol. The van der Waals surface area contributed by atoms with Crippen molar-refractivity contribution in [1.29, 1.82) is 0 Å². The Morgan fingerprint density at radius 3 is 2.33 bits per heavy atom. The zero-order valence-electron chi connectivity index (χ0n) is 14.8. The zero-order valence-corrected chi connectivity index (χ0v) is 15.6. The Morgan fingerprint density at radius 2 is 1.74 bits per heavy atom. The van der Waals surface area contributed by atoms with E-state index in [1.807, 2.05) is 5.43 Å². The van der Waals surface area contributed by atoms with Gasteiger partial charge in [-0.15, -0.1) is 0 Å². The van der Waals surface area contributed by atoms with Crippen LogP contribution in [0.4, 0.5) is 4.39 Å². The Bertz CT molecular complexity index is 931. The van der Waals surface area contributed by atoms with Gasteiger partial charge in [0.1, 0.15) is 11.5 Å². The molecule has 0 spiro atoms. The van der Waals surface area contributed by atoms with E-state index in [-0.39, 0.29) is 23.7 Å². The molecule has 0 fully saturated rings. The van der Waals surface area contributed by atoms with Crippen molar-refractivity contribution in [1.82, 2.24) is 20.1 Å². The van der Waals surface area contributed by atoms with E-state index in [2.05, 4.69) is 10.4 Å². The summed E-state index contributed by atoms with van der Waals surface area (Å²) >= 11 is 0. The van der Waals surface area contributed by atoms with Crippen LogP contribution in [0.25, 0.3) is 0 Å². The fraction of sp³-hybridized carbons (Fsp3) is 0.235. The number of sulfonamides is 1. The first-order chi connectivity index (χ1) is 12.8. The summed E-state index contributed by atoms with van der Waals surface area (Å²) in [7, 11) is -3.86. The summed E-state index contributed by atoms with van der Waals surface area (Å²) in [6, 6.07) is 7.56. The molecule has 2 amide bonds. The SMILES string of the molecule is CCN(CC)S(=O)(=O)c1ccc(F)c(C(=O)NNC(=O)c2ccccn2)c1. The summed E-state index contributed by atoms with van der Waals surface area (Å²) in [5.41, 5.74) is 3.69. The molecule has 0 aliphatic carbocycles. The van der Waals surface area contributed by atoms with Crippen molar-refractivity contribution in [2.75, 3.05) is 13.1 Å². The Kier molecular flexibility index (Phi) is 6.59. The van der Waals surface area contributed by atoms with Gasteiger partial charge in [-0.1, -0.05) is 19.9 Å². The molecule has 0 bridgehead atoms. The fourth-order valence-corrected chi connectivity index (χ4v) is 3.78. The van der Waals surface area contributed by atoms with Gasteiger partial charge in [0.15, 0.2) is 0 Å². The van der Waals surface area contributed by atoms with Gasteiger partial charge < -0.3 is 0 Å². The lowest BCUT2D eigenvalue weighted by atomic mass is 10.2. The molecule has 0 saturated carbocycles. The van der Waals surface area contributed by atoms with E-state index >= 15 is 0 Å². The minimum absolute atomic E-state index is 0.0520. The van der Waals surface area contributed by atoms with Crippen molar-refractivity contribution in [3.05, 3.63) is 59.7 Å². The number of carbonyl (C=O) groups is 2. The maximum Gasteiger partial charge on any atom is 0.288 e. The normalized spacial score (nSPS) is 11.3. The molecule has 0 saturated heterocycles. The van der Waals surface area contributed by atoms with Gasteiger partial charge in [-0.25, -0.2) is 12.8 Å². The van der Waals surface area contributed by atoms with Crippen LogP contribution in [0.15, 0.2) is 47.5 Å². The molecule has 0 atom stereocenters. The van der Waals surface area contributed by atoms with Crippen molar-refractivity contribution < 1.29 is 22.4 Å². The first-order valence-electron chi connectivity index (χ1n) is 8.12. The van der Waals surface area contributed by atoms with E-state index in [1.54, 1.807) is 26.0 Å². The minimum Gasteiger partial charge on any atom is -0.267 e. The number of hydrogen-bond acceptors (Lipinski definition) is 5. The molecule has 2 aromatic rings. The first kappa shape index (κ1) is 20.5. The number of nitrogens with one attached hydrogen (secondary N) is 2. The summed E-state index contributed by atoms with van der Waals surface area (Å²) in [5.74, 6) is -2.61. The molecule has 0 radical (unpaired) electrons. The van der Waals surface area contributed by atoms with Crippen molar-refractivity contribution in [2.45, 2.75) is 18.7 Å². The van der Waals surface area contributed by atoms with Crippen LogP contribution in [-0.2, 0) is 10.0 Å². The van der Waals surface area contributed by atoms with Crippen LogP contribution in [-0.4, -0.2) is 42.6 Å². The third-order valence-electron chi connectivity index (χ3n) is 3.71. The minimum atomic E-state index is -3.86. The molecule has 2 N–H and O–H groups in total. The van der Waals surface area contributed by atoms with Crippen LogP contribution in [0.5, 0.6) is 0 Å². The van der Waals surface area contributed by atoms with Gasteiger partial charge in [0, 0.05) is 19.3 Å². The number of halogens is 1. The molecule has 8 nitrogen and oxygen atoms in total. The van der Waals surface area contributed by atoms with E-state index in [0.717, 1.165) is 18.2 Å². The predicted molar refractivity (Wildman–Crippen MR) is 95.7 cm³/mol. The van der Waals surface area contributed by atoms with Crippen LogP contribution in [0.3, 0.4) is 0 Å². The van der Waals surface area contributed by atoms with Gasteiger partial charge in [0.05, 0.1) is 10.5 Å². The number of hydrazine groups is 1. The van der Waals surface area contributed by atoms with Crippen LogP contribution in [0.2, 0.25) is 0 Å². The predicted octanol–water partition coefficient (Wildman–Crippen LogP) is 1.33. The highest BCUT2D eigenvalue weighted by molar-refractivity contribution is 7.89. The maximum atomic E-state index is 14.0. The zero-order chi connectivity index (χ0) is 20.0. The highest BCUT2D eigenvalue weighted by Gasteiger charge is 2.24. The van der Waals surface area contributed by atoms with Gasteiger partial charge in [0.2, 0.25) is 10.0 Å². The standard InChI is InChI=1S/C17H19FN4O4S/c1-3-22(4-2)27(25,26)12-8-9-14(18)13(11-12)16(23)20-21-17(24)15-7-5-6-10-19-15/h5-11H,3-4H2,1-2H3,(H,20,23)(H,21,24). The van der Waals surface area contributed by atoms with Gasteiger partial charge in [-0.2, -0.15) is 4.31 Å². The number of benzene rings is 1. The third-order valence-corrected chi connectivity index (χ3v) is 5.76. The van der Waals surface area contributed by atoms with Gasteiger partial charge in [-0.05, 0) is 30.3 Å². The number of carbonyl (C=O) groups excluding carboxylic acids is 2. The average Bonchev–Trinajstić information content (AvgIpc) is 2.67. The second kappa shape index (κ2) is 8.69. The quantitative estimate of drug-likeness (QED) is 0.719. The molecule has 10 heteroatoms. The highest BCUT2D eigenvalue weighted by atomic mass is 32.2. The van der Waals surface area contributed by atoms with Gasteiger partial charge in [0.25, 0.3) is 11.8 Å². The topological polar surface area (TPSA) is 108 Å². The summed E-state index contributed by atoms with van der Waals surface area (Å²) < 4.78 is 40.3. The van der Waals surface area contributed by atoms with E-state index in [4.69, 9.17) is 0 Å². The van der Waals surface area contributed by atoms with E-state index < -0.39 is 33.2 Å². The molecule has 144 valence electrons. The Balaban J connectivity index is 2.20. The van der Waals surface area contributed by atoms with E-state index in [0.29, 0.717) is 0 Å². The van der Waals surface area contributed by atoms with Crippen LogP contribution < -0.4 is 10.9 Å². The lowest BCUT2D eigenvalue weighted by Crippen LogP contribution is -2.42. The number of rotatable bonds is 6. The molecule has 0 unspecified atom stereocenters. The second-order valence-corrected chi connectivity index (χ2v) is 7.29. The number of hydrogen-bond donors (Lipinski definition) is 2. The highest BCUT2D eigenvalue weighted by Crippen LogP contribution is 2.19. The lowest BCUT2D eigenvalue weighted by molar-refractivity contribution is 0.0841. The molecule has 0 aliphatic heterocycles. The molecular formula is C17H19FN4O4S. The molecule has 27 heavy (non-hydrogen) atoms. The van der Waals surface area contributed by atoms with Crippen molar-refractivity contribution in [3.8, 4) is 0 Å². The average molecular weight is 394 g/mol.